The quantitative estimate of drug-likeness (QED) is 0.0243. The average Bonchev–Trinajstić information content (AvgIpc) is 3.31. The zero-order chi connectivity index (χ0) is 50.6. The van der Waals surface area contributed by atoms with Gasteiger partial charge in [0.2, 0.25) is 5.91 Å². The Morgan fingerprint density at radius 1 is 0.493 bits per heavy atom. The van der Waals surface area contributed by atoms with Gasteiger partial charge < -0.3 is 19.8 Å². The number of nitrogens with zero attached hydrogens (tertiary/aromatic N) is 1. The second kappa shape index (κ2) is 51.4. The third-order valence-corrected chi connectivity index (χ3v) is 14.3. The molecule has 8 nitrogen and oxygen atoms in total. The van der Waals surface area contributed by atoms with E-state index in [4.69, 9.17) is 9.05 Å². The number of phosphoric ester groups is 1. The molecule has 0 radical (unpaired) electrons. The van der Waals surface area contributed by atoms with Crippen molar-refractivity contribution in [2.45, 2.75) is 289 Å². The number of allylic oxidation sites excluding steroid dienone is 7. The first-order valence-corrected chi connectivity index (χ1v) is 31.0. The third kappa shape index (κ3) is 54.1. The van der Waals surface area contributed by atoms with Gasteiger partial charge in [0.15, 0.2) is 0 Å². The number of carbonyl (C=O) groups excluding carboxylic acids is 1. The summed E-state index contributed by atoms with van der Waals surface area (Å²) in [4.78, 5) is 23.2. The van der Waals surface area contributed by atoms with Crippen LogP contribution in [-0.4, -0.2) is 73.4 Å². The molecule has 0 aliphatic rings. The van der Waals surface area contributed by atoms with Crippen LogP contribution in [0.3, 0.4) is 0 Å². The number of amides is 1. The summed E-state index contributed by atoms with van der Waals surface area (Å²) in [5.41, 5.74) is 0. The van der Waals surface area contributed by atoms with Crippen molar-refractivity contribution in [2.75, 3.05) is 40.9 Å². The Morgan fingerprint density at radius 3 is 1.26 bits per heavy atom. The van der Waals surface area contributed by atoms with Gasteiger partial charge in [-0.05, 0) is 64.2 Å². The first-order chi connectivity index (χ1) is 33.5. The summed E-state index contributed by atoms with van der Waals surface area (Å²) in [6.07, 6.45) is 68.1. The molecule has 406 valence electrons. The van der Waals surface area contributed by atoms with Crippen molar-refractivity contribution < 1.29 is 32.9 Å². The average molecular weight is 993 g/mol. The molecule has 0 rings (SSSR count). The van der Waals surface area contributed by atoms with Crippen LogP contribution < -0.4 is 5.32 Å². The zero-order valence-electron chi connectivity index (χ0n) is 46.3. The Kier molecular flexibility index (Phi) is 50.2. The van der Waals surface area contributed by atoms with Crippen molar-refractivity contribution in [3.63, 3.8) is 0 Å². The second-order valence-electron chi connectivity index (χ2n) is 21.4. The first-order valence-electron chi connectivity index (χ1n) is 29.5. The number of rotatable bonds is 54. The highest BCUT2D eigenvalue weighted by Crippen LogP contribution is 2.43. The molecule has 0 spiro atoms. The van der Waals surface area contributed by atoms with E-state index in [1.807, 2.05) is 27.2 Å². The number of hydrogen-bond donors (Lipinski definition) is 3. The van der Waals surface area contributed by atoms with Crippen LogP contribution in [0.15, 0.2) is 48.6 Å². The molecule has 3 N–H and O–H groups in total. The van der Waals surface area contributed by atoms with E-state index in [0.29, 0.717) is 17.4 Å². The lowest BCUT2D eigenvalue weighted by Crippen LogP contribution is -2.45. The van der Waals surface area contributed by atoms with Gasteiger partial charge in [0, 0.05) is 6.42 Å². The monoisotopic (exact) mass is 992 g/mol. The Bertz CT molecular complexity index is 1260. The number of hydrogen-bond acceptors (Lipinski definition) is 5. The second-order valence-corrected chi connectivity index (χ2v) is 22.8. The summed E-state index contributed by atoms with van der Waals surface area (Å²) in [6.45, 7) is 4.79. The molecule has 0 aliphatic carbocycles. The van der Waals surface area contributed by atoms with E-state index in [-0.39, 0.29) is 19.1 Å². The normalized spacial score (nSPS) is 14.2. The van der Waals surface area contributed by atoms with Gasteiger partial charge in [0.05, 0.1) is 39.9 Å². The van der Waals surface area contributed by atoms with Crippen molar-refractivity contribution in [1.82, 2.24) is 5.32 Å². The molecule has 0 saturated carbocycles. The van der Waals surface area contributed by atoms with Crippen molar-refractivity contribution in [1.29, 1.82) is 0 Å². The van der Waals surface area contributed by atoms with Crippen molar-refractivity contribution in [2.24, 2.45) is 0 Å². The van der Waals surface area contributed by atoms with Gasteiger partial charge in [0.1, 0.15) is 13.2 Å². The molecular formula is C60H116N2O6P+. The summed E-state index contributed by atoms with van der Waals surface area (Å²) in [5, 5.41) is 13.9. The van der Waals surface area contributed by atoms with E-state index >= 15 is 0 Å². The van der Waals surface area contributed by atoms with E-state index in [2.05, 4.69) is 55.6 Å². The summed E-state index contributed by atoms with van der Waals surface area (Å²) in [7, 11) is 1.55. The number of nitrogens with one attached hydrogen (secondary N) is 1. The Balaban J connectivity index is 4.16. The Morgan fingerprint density at radius 2 is 0.841 bits per heavy atom. The number of likely N-dealkylation sites (N-methyl/N-ethyl adjacent to an activating group) is 1. The van der Waals surface area contributed by atoms with Crippen LogP contribution in [0.4, 0.5) is 0 Å². The fourth-order valence-corrected chi connectivity index (χ4v) is 9.36. The number of carbonyl (C=O) groups is 1. The number of aliphatic hydroxyl groups is 1. The molecule has 0 aromatic rings. The minimum absolute atomic E-state index is 0.0524. The van der Waals surface area contributed by atoms with Crippen LogP contribution in [0.5, 0.6) is 0 Å². The van der Waals surface area contributed by atoms with Crippen LogP contribution in [-0.2, 0) is 18.4 Å². The number of unbranched alkanes of at least 4 members (excludes halogenated alkanes) is 35. The van der Waals surface area contributed by atoms with E-state index in [1.165, 1.54) is 193 Å². The lowest BCUT2D eigenvalue weighted by atomic mass is 10.0. The molecule has 0 aliphatic heterocycles. The fourth-order valence-electron chi connectivity index (χ4n) is 8.62. The van der Waals surface area contributed by atoms with Crippen LogP contribution >= 0.6 is 7.82 Å². The van der Waals surface area contributed by atoms with Gasteiger partial charge >= 0.3 is 7.82 Å². The molecule has 69 heavy (non-hydrogen) atoms. The van der Waals surface area contributed by atoms with E-state index in [1.54, 1.807) is 6.08 Å². The van der Waals surface area contributed by atoms with Gasteiger partial charge in [-0.15, -0.1) is 0 Å². The van der Waals surface area contributed by atoms with Gasteiger partial charge in [-0.1, -0.05) is 255 Å². The molecule has 0 aromatic heterocycles. The number of phosphoric acid groups is 1. The Hall–Kier alpha value is -1.54. The minimum atomic E-state index is -4.36. The van der Waals surface area contributed by atoms with E-state index in [0.717, 1.165) is 64.2 Å². The molecule has 0 bridgehead atoms. The molecular weight excluding hydrogens is 876 g/mol. The minimum Gasteiger partial charge on any atom is -0.387 e. The number of quaternary nitrogens is 1. The molecule has 0 fully saturated rings. The lowest BCUT2D eigenvalue weighted by molar-refractivity contribution is -0.870. The predicted octanol–water partition coefficient (Wildman–Crippen LogP) is 17.9. The lowest BCUT2D eigenvalue weighted by Gasteiger charge is -2.25. The van der Waals surface area contributed by atoms with Crippen molar-refractivity contribution in [3.05, 3.63) is 48.6 Å². The maximum absolute atomic E-state index is 12.9. The maximum atomic E-state index is 12.9. The largest absolute Gasteiger partial charge is 0.472 e. The van der Waals surface area contributed by atoms with Gasteiger partial charge in [-0.25, -0.2) is 4.57 Å². The highest BCUT2D eigenvalue weighted by molar-refractivity contribution is 7.47. The van der Waals surface area contributed by atoms with Crippen molar-refractivity contribution >= 4 is 13.7 Å². The van der Waals surface area contributed by atoms with E-state index in [9.17, 15) is 19.4 Å². The van der Waals surface area contributed by atoms with Gasteiger partial charge in [0.25, 0.3) is 0 Å². The fraction of sp³-hybridized carbons (Fsp3) is 0.850. The Labute approximate surface area is 429 Å². The van der Waals surface area contributed by atoms with Gasteiger partial charge in [-0.3, -0.25) is 13.8 Å². The van der Waals surface area contributed by atoms with Crippen molar-refractivity contribution in [3.8, 4) is 0 Å². The highest BCUT2D eigenvalue weighted by Gasteiger charge is 2.27. The predicted molar refractivity (Wildman–Crippen MR) is 300 cm³/mol. The summed E-state index contributed by atoms with van der Waals surface area (Å²) in [5.74, 6) is -0.199. The SMILES string of the molecule is CCCCCC/C=C\C/C=C\CCCCCCCC(=O)NC(COP(=O)(O)OCC[N+](C)(C)C)C(O)/C=C/CC/C=C/CCCCCCCCCCCCCCCCCCCCCCCCCCC. The molecule has 1 amide bonds. The molecule has 9 heteroatoms. The molecule has 0 saturated heterocycles. The third-order valence-electron chi connectivity index (χ3n) is 13.3. The van der Waals surface area contributed by atoms with Crippen LogP contribution in [0, 0.1) is 0 Å². The summed E-state index contributed by atoms with van der Waals surface area (Å²) in [6, 6.07) is -0.872. The van der Waals surface area contributed by atoms with Crippen LogP contribution in [0.25, 0.3) is 0 Å². The molecule has 3 unspecified atom stereocenters. The number of aliphatic hydroxyl groups excluding tert-OH is 1. The molecule has 3 atom stereocenters. The topological polar surface area (TPSA) is 105 Å². The van der Waals surface area contributed by atoms with E-state index < -0.39 is 20.0 Å². The first kappa shape index (κ1) is 67.5. The standard InChI is InChI=1S/C60H115N2O6P/c1-6-8-10-12-14-16-18-20-22-24-25-26-27-28-29-30-31-32-33-34-35-36-37-38-39-41-43-45-47-49-51-53-59(63)58(57-68-69(65,66)67-56-55-62(3,4)5)61-60(64)54-52-50-48-46-44-42-40-23-21-19-17-15-13-11-9-7-2/h17,19,23,40,43,45,51,53,58-59,63H,6-16,18,20-22,24-39,41-42,44,46-50,52,54-57H2,1-5H3,(H-,61,64,65,66)/p+1/b19-17-,40-23-,45-43+,53-51+. The van der Waals surface area contributed by atoms with Gasteiger partial charge in [-0.2, -0.15) is 0 Å². The molecule has 0 heterocycles. The summed E-state index contributed by atoms with van der Waals surface area (Å²) >= 11 is 0. The maximum Gasteiger partial charge on any atom is 0.472 e. The zero-order valence-corrected chi connectivity index (χ0v) is 47.2. The van der Waals surface area contributed by atoms with Crippen LogP contribution in [0.1, 0.15) is 277 Å². The molecule has 0 aromatic carbocycles. The highest BCUT2D eigenvalue weighted by atomic mass is 31.2. The summed E-state index contributed by atoms with van der Waals surface area (Å²) < 4.78 is 23.7. The smallest absolute Gasteiger partial charge is 0.387 e. The van der Waals surface area contributed by atoms with Crippen LogP contribution in [0.2, 0.25) is 0 Å².